The second-order valence-electron chi connectivity index (χ2n) is 5.95. The number of hydrogen-bond acceptors (Lipinski definition) is 6. The van der Waals surface area contributed by atoms with E-state index in [-0.39, 0.29) is 5.91 Å². The SMILES string of the molecule is Nc1nc(N2CCN(C(=O)c3ccco3)CC2)nc2c(Br)cc(Br)cc12. The Bertz CT molecular complexity index is 969. The molecule has 0 spiro atoms. The number of rotatable bonds is 2. The predicted octanol–water partition coefficient (Wildman–Crippen LogP) is 3.29. The molecule has 1 aliphatic rings. The zero-order chi connectivity index (χ0) is 18.3. The summed E-state index contributed by atoms with van der Waals surface area (Å²) in [7, 11) is 0. The summed E-state index contributed by atoms with van der Waals surface area (Å²) in [5.41, 5.74) is 6.91. The first-order chi connectivity index (χ1) is 12.5. The largest absolute Gasteiger partial charge is 0.459 e. The zero-order valence-electron chi connectivity index (χ0n) is 13.7. The number of furan rings is 1. The lowest BCUT2D eigenvalue weighted by atomic mass is 10.2. The molecule has 1 saturated heterocycles. The van der Waals surface area contributed by atoms with Crippen molar-refractivity contribution in [1.29, 1.82) is 0 Å². The molecule has 0 atom stereocenters. The number of carbonyl (C=O) groups excluding carboxylic acids is 1. The molecule has 0 unspecified atom stereocenters. The Labute approximate surface area is 166 Å². The van der Waals surface area contributed by atoms with Crippen molar-refractivity contribution in [2.45, 2.75) is 0 Å². The Morgan fingerprint density at radius 1 is 1.15 bits per heavy atom. The van der Waals surface area contributed by atoms with E-state index in [1.54, 1.807) is 17.0 Å². The third kappa shape index (κ3) is 3.16. The van der Waals surface area contributed by atoms with Crippen LogP contribution in [-0.4, -0.2) is 47.0 Å². The zero-order valence-corrected chi connectivity index (χ0v) is 16.8. The van der Waals surface area contributed by atoms with E-state index in [1.807, 2.05) is 17.0 Å². The number of halogens is 2. The second kappa shape index (κ2) is 6.88. The molecule has 4 rings (SSSR count). The lowest BCUT2D eigenvalue weighted by Crippen LogP contribution is -2.49. The van der Waals surface area contributed by atoms with Gasteiger partial charge in [0.2, 0.25) is 5.95 Å². The van der Waals surface area contributed by atoms with Crippen LogP contribution >= 0.6 is 31.9 Å². The maximum Gasteiger partial charge on any atom is 0.289 e. The number of hydrogen-bond donors (Lipinski definition) is 1. The summed E-state index contributed by atoms with van der Waals surface area (Å²) in [6.07, 6.45) is 1.51. The van der Waals surface area contributed by atoms with Gasteiger partial charge >= 0.3 is 0 Å². The van der Waals surface area contributed by atoms with Crippen molar-refractivity contribution < 1.29 is 9.21 Å². The fraction of sp³-hybridized carbons (Fsp3) is 0.235. The highest BCUT2D eigenvalue weighted by Gasteiger charge is 2.25. The molecule has 0 saturated carbocycles. The highest BCUT2D eigenvalue weighted by molar-refractivity contribution is 9.11. The molecular formula is C17H15Br2N5O2. The van der Waals surface area contributed by atoms with E-state index in [0.29, 0.717) is 43.7 Å². The third-order valence-corrected chi connectivity index (χ3v) is 5.38. The number of nitrogens with zero attached hydrogens (tertiary/aromatic N) is 4. The standard InChI is InChI=1S/C17H15Br2N5O2/c18-10-8-11-14(12(19)9-10)21-17(22-15(11)20)24-5-3-23(4-6-24)16(25)13-2-1-7-26-13/h1-2,7-9H,3-6H2,(H2,20,21,22). The fourth-order valence-electron chi connectivity index (χ4n) is 2.97. The lowest BCUT2D eigenvalue weighted by Gasteiger charge is -2.34. The molecule has 2 aromatic heterocycles. The van der Waals surface area contributed by atoms with Crippen molar-refractivity contribution in [1.82, 2.24) is 14.9 Å². The van der Waals surface area contributed by atoms with Gasteiger partial charge in [-0.3, -0.25) is 4.79 Å². The lowest BCUT2D eigenvalue weighted by molar-refractivity contribution is 0.0714. The van der Waals surface area contributed by atoms with E-state index >= 15 is 0 Å². The van der Waals surface area contributed by atoms with Gasteiger partial charge in [-0.05, 0) is 40.2 Å². The smallest absolute Gasteiger partial charge is 0.289 e. The molecule has 3 heterocycles. The van der Waals surface area contributed by atoms with Crippen LogP contribution in [0, 0.1) is 0 Å². The number of piperazine rings is 1. The molecule has 1 aromatic carbocycles. The van der Waals surface area contributed by atoms with Crippen LogP contribution < -0.4 is 10.6 Å². The highest BCUT2D eigenvalue weighted by Crippen LogP contribution is 2.31. The van der Waals surface area contributed by atoms with Crippen LogP contribution in [0.3, 0.4) is 0 Å². The second-order valence-corrected chi connectivity index (χ2v) is 7.72. The molecule has 134 valence electrons. The van der Waals surface area contributed by atoms with Crippen molar-refractivity contribution in [3.05, 3.63) is 45.2 Å². The third-order valence-electron chi connectivity index (χ3n) is 4.32. The van der Waals surface area contributed by atoms with Gasteiger partial charge in [0.05, 0.1) is 11.8 Å². The molecule has 7 nitrogen and oxygen atoms in total. The van der Waals surface area contributed by atoms with E-state index in [4.69, 9.17) is 10.2 Å². The monoisotopic (exact) mass is 479 g/mol. The quantitative estimate of drug-likeness (QED) is 0.605. The first-order valence-corrected chi connectivity index (χ1v) is 9.61. The van der Waals surface area contributed by atoms with Crippen LogP contribution in [0.1, 0.15) is 10.6 Å². The van der Waals surface area contributed by atoms with Gasteiger partial charge in [-0.25, -0.2) is 4.98 Å². The van der Waals surface area contributed by atoms with Crippen molar-refractivity contribution in [2.24, 2.45) is 0 Å². The van der Waals surface area contributed by atoms with Crippen molar-refractivity contribution >= 4 is 60.4 Å². The molecule has 9 heteroatoms. The highest BCUT2D eigenvalue weighted by atomic mass is 79.9. The molecule has 26 heavy (non-hydrogen) atoms. The summed E-state index contributed by atoms with van der Waals surface area (Å²) in [6, 6.07) is 7.22. The van der Waals surface area contributed by atoms with E-state index < -0.39 is 0 Å². The van der Waals surface area contributed by atoms with Gasteiger partial charge in [-0.1, -0.05) is 15.9 Å². The first-order valence-electron chi connectivity index (χ1n) is 8.03. The average Bonchev–Trinajstić information content (AvgIpc) is 3.16. The summed E-state index contributed by atoms with van der Waals surface area (Å²) in [5, 5.41) is 0.793. The Hall–Kier alpha value is -2.13. The predicted molar refractivity (Wildman–Crippen MR) is 106 cm³/mol. The number of fused-ring (bicyclic) bond motifs is 1. The molecule has 0 bridgehead atoms. The molecule has 0 radical (unpaired) electrons. The number of aromatic nitrogens is 2. The van der Waals surface area contributed by atoms with E-state index in [0.717, 1.165) is 19.8 Å². The number of amides is 1. The maximum atomic E-state index is 12.4. The molecule has 0 aliphatic carbocycles. The normalized spacial score (nSPS) is 14.8. The Morgan fingerprint density at radius 3 is 2.62 bits per heavy atom. The first kappa shape index (κ1) is 17.3. The summed E-state index contributed by atoms with van der Waals surface area (Å²) in [6.45, 7) is 2.40. The Balaban J connectivity index is 1.55. The maximum absolute atomic E-state index is 12.4. The topological polar surface area (TPSA) is 88.5 Å². The summed E-state index contributed by atoms with van der Waals surface area (Å²) < 4.78 is 6.95. The molecule has 3 aromatic rings. The molecule has 1 fully saturated rings. The van der Waals surface area contributed by atoms with E-state index in [1.165, 1.54) is 6.26 Å². The Morgan fingerprint density at radius 2 is 1.92 bits per heavy atom. The molecular weight excluding hydrogens is 466 g/mol. The van der Waals surface area contributed by atoms with Crippen LogP contribution in [0.15, 0.2) is 43.9 Å². The van der Waals surface area contributed by atoms with Crippen LogP contribution in [0.5, 0.6) is 0 Å². The van der Waals surface area contributed by atoms with E-state index in [2.05, 4.69) is 41.8 Å². The van der Waals surface area contributed by atoms with Crippen LogP contribution in [0.4, 0.5) is 11.8 Å². The fourth-order valence-corrected chi connectivity index (χ4v) is 4.29. The van der Waals surface area contributed by atoms with Crippen molar-refractivity contribution in [2.75, 3.05) is 36.8 Å². The van der Waals surface area contributed by atoms with Gasteiger partial charge < -0.3 is 20.0 Å². The van der Waals surface area contributed by atoms with Gasteiger partial charge in [-0.2, -0.15) is 4.98 Å². The van der Waals surface area contributed by atoms with Gasteiger partial charge in [0, 0.05) is 40.5 Å². The summed E-state index contributed by atoms with van der Waals surface area (Å²) in [5.74, 6) is 1.27. The van der Waals surface area contributed by atoms with Crippen LogP contribution in [0.25, 0.3) is 10.9 Å². The minimum absolute atomic E-state index is 0.0961. The minimum atomic E-state index is -0.0961. The van der Waals surface area contributed by atoms with Crippen LogP contribution in [0.2, 0.25) is 0 Å². The summed E-state index contributed by atoms with van der Waals surface area (Å²) >= 11 is 6.99. The Kier molecular flexibility index (Phi) is 4.58. The number of nitrogens with two attached hydrogens (primary N) is 1. The van der Waals surface area contributed by atoms with E-state index in [9.17, 15) is 4.79 Å². The molecule has 1 aliphatic heterocycles. The average molecular weight is 481 g/mol. The minimum Gasteiger partial charge on any atom is -0.459 e. The number of anilines is 2. The van der Waals surface area contributed by atoms with Gasteiger partial charge in [-0.15, -0.1) is 0 Å². The molecule has 2 N–H and O–H groups in total. The number of benzene rings is 1. The van der Waals surface area contributed by atoms with Crippen molar-refractivity contribution in [3.63, 3.8) is 0 Å². The van der Waals surface area contributed by atoms with Gasteiger partial charge in [0.1, 0.15) is 5.82 Å². The van der Waals surface area contributed by atoms with Gasteiger partial charge in [0.15, 0.2) is 5.76 Å². The number of nitrogen functional groups attached to an aromatic ring is 1. The molecule has 1 amide bonds. The van der Waals surface area contributed by atoms with Crippen LogP contribution in [-0.2, 0) is 0 Å². The van der Waals surface area contributed by atoms with Gasteiger partial charge in [0.25, 0.3) is 5.91 Å². The summed E-state index contributed by atoms with van der Waals surface area (Å²) in [4.78, 5) is 25.3. The number of carbonyl (C=O) groups is 1. The van der Waals surface area contributed by atoms with Crippen molar-refractivity contribution in [3.8, 4) is 0 Å².